The predicted octanol–water partition coefficient (Wildman–Crippen LogP) is 2.54. The van der Waals surface area contributed by atoms with Gasteiger partial charge in [-0.1, -0.05) is 0 Å². The van der Waals surface area contributed by atoms with Crippen molar-refractivity contribution in [1.82, 2.24) is 30.1 Å². The van der Waals surface area contributed by atoms with E-state index in [4.69, 9.17) is 15.0 Å². The topological polar surface area (TPSA) is 102 Å². The van der Waals surface area contributed by atoms with Crippen LogP contribution in [0.2, 0.25) is 0 Å². The quantitative estimate of drug-likeness (QED) is 0.608. The molecule has 1 saturated carbocycles. The summed E-state index contributed by atoms with van der Waals surface area (Å²) in [5.41, 5.74) is 2.40. The Hall–Kier alpha value is -3.43. The molecule has 1 aliphatic carbocycles. The van der Waals surface area contributed by atoms with Gasteiger partial charge in [0.15, 0.2) is 5.82 Å². The molecular weight excluding hydrogens is 404 g/mol. The molecule has 166 valence electrons. The first-order chi connectivity index (χ1) is 15.8. The van der Waals surface area contributed by atoms with Gasteiger partial charge in [-0.2, -0.15) is 20.1 Å². The summed E-state index contributed by atoms with van der Waals surface area (Å²) in [6.45, 7) is 5.54. The molecule has 3 aliphatic rings. The van der Waals surface area contributed by atoms with Gasteiger partial charge in [-0.15, -0.1) is 0 Å². The molecule has 10 heteroatoms. The number of hydrogen-bond acceptors (Lipinski definition) is 9. The maximum absolute atomic E-state index is 4.85. The van der Waals surface area contributed by atoms with E-state index in [1.807, 2.05) is 12.4 Å². The summed E-state index contributed by atoms with van der Waals surface area (Å²) < 4.78 is 0. The van der Waals surface area contributed by atoms with Crippen molar-refractivity contribution in [2.24, 2.45) is 0 Å². The van der Waals surface area contributed by atoms with Gasteiger partial charge in [0.1, 0.15) is 0 Å². The number of hydrogen-bond donors (Lipinski definition) is 2. The highest BCUT2D eigenvalue weighted by atomic mass is 15.4. The van der Waals surface area contributed by atoms with Crippen LogP contribution in [-0.4, -0.2) is 69.4 Å². The second-order valence-electron chi connectivity index (χ2n) is 8.74. The molecule has 0 aromatic carbocycles. The van der Waals surface area contributed by atoms with Gasteiger partial charge in [0, 0.05) is 75.0 Å². The largest absolute Gasteiger partial charge is 0.368 e. The van der Waals surface area contributed by atoms with Crippen molar-refractivity contribution in [2.45, 2.75) is 31.6 Å². The first-order valence-electron chi connectivity index (χ1n) is 11.5. The van der Waals surface area contributed by atoms with Crippen LogP contribution >= 0.6 is 0 Å². The van der Waals surface area contributed by atoms with E-state index in [1.54, 1.807) is 0 Å². The summed E-state index contributed by atoms with van der Waals surface area (Å²) in [5, 5.41) is 10.9. The fourth-order valence-corrected chi connectivity index (χ4v) is 4.45. The van der Waals surface area contributed by atoms with Crippen molar-refractivity contribution >= 4 is 29.4 Å². The minimum atomic E-state index is 0.558. The molecule has 2 aliphatic heterocycles. The minimum absolute atomic E-state index is 0.558. The lowest BCUT2D eigenvalue weighted by molar-refractivity contribution is 0.638. The molecule has 2 saturated heterocycles. The van der Waals surface area contributed by atoms with Gasteiger partial charge in [-0.25, -0.2) is 0 Å². The Labute approximate surface area is 187 Å². The fraction of sp³-hybridized carbons (Fsp3) is 0.500. The zero-order valence-electron chi connectivity index (χ0n) is 18.1. The molecule has 10 nitrogen and oxygen atoms in total. The number of aromatic nitrogens is 6. The van der Waals surface area contributed by atoms with E-state index in [9.17, 15) is 0 Å². The normalized spacial score (nSPS) is 18.9. The van der Waals surface area contributed by atoms with Gasteiger partial charge in [-0.05, 0) is 37.8 Å². The highest BCUT2D eigenvalue weighted by Gasteiger charge is 2.26. The van der Waals surface area contributed by atoms with Crippen LogP contribution < -0.4 is 20.0 Å². The number of piperazine rings is 1. The molecule has 0 bridgehead atoms. The number of nitrogens with one attached hydrogen (secondary N) is 2. The smallest absolute Gasteiger partial charge is 0.235 e. The van der Waals surface area contributed by atoms with Crippen LogP contribution in [0.1, 0.15) is 37.3 Å². The van der Waals surface area contributed by atoms with Crippen molar-refractivity contribution in [3.8, 4) is 0 Å². The van der Waals surface area contributed by atoms with Crippen LogP contribution in [0.5, 0.6) is 0 Å². The number of nitrogens with zero attached hydrogens (tertiary/aromatic N) is 8. The molecule has 0 atom stereocenters. The number of aromatic amines is 1. The van der Waals surface area contributed by atoms with Crippen LogP contribution in [0.25, 0.3) is 0 Å². The Balaban J connectivity index is 1.22. The van der Waals surface area contributed by atoms with Crippen LogP contribution in [0.15, 0.2) is 30.6 Å². The average Bonchev–Trinajstić information content (AvgIpc) is 3.34. The van der Waals surface area contributed by atoms with E-state index >= 15 is 0 Å². The SMILES string of the molecule is c1cc(N2CCN(c3nc(Nc4cc(C5CC5)[nH]n4)nc(N4CCCC4)n3)CC2)ccn1. The van der Waals surface area contributed by atoms with Crippen LogP contribution in [0.3, 0.4) is 0 Å². The number of H-pyrrole nitrogens is 1. The van der Waals surface area contributed by atoms with E-state index in [-0.39, 0.29) is 0 Å². The minimum Gasteiger partial charge on any atom is -0.368 e. The maximum atomic E-state index is 4.85. The molecule has 3 aromatic heterocycles. The van der Waals surface area contributed by atoms with Crippen molar-refractivity contribution in [3.05, 3.63) is 36.3 Å². The highest BCUT2D eigenvalue weighted by molar-refractivity contribution is 5.54. The standard InChI is InChI=1S/C22H28N10/c1-2-10-31(9-1)21-25-20(24-19-15-18(28-29-19)16-3-4-16)26-22(27-21)32-13-11-30(12-14-32)17-5-7-23-8-6-17/h5-8,15-16H,1-4,9-14H2,(H2,24,25,26,27,28,29). The molecular formula is C22H28N10. The Morgan fingerprint density at radius 1 is 0.812 bits per heavy atom. The van der Waals surface area contributed by atoms with Crippen molar-refractivity contribution in [3.63, 3.8) is 0 Å². The lowest BCUT2D eigenvalue weighted by atomic mass is 10.3. The van der Waals surface area contributed by atoms with Gasteiger partial charge in [-0.3, -0.25) is 10.1 Å². The molecule has 0 amide bonds. The van der Waals surface area contributed by atoms with Gasteiger partial charge >= 0.3 is 0 Å². The van der Waals surface area contributed by atoms with E-state index in [0.717, 1.165) is 57.0 Å². The number of anilines is 5. The lowest BCUT2D eigenvalue weighted by Crippen LogP contribution is -2.47. The number of rotatable bonds is 6. The van der Waals surface area contributed by atoms with Gasteiger partial charge in [0.05, 0.1) is 0 Å². The zero-order chi connectivity index (χ0) is 21.3. The molecule has 6 rings (SSSR count). The second-order valence-corrected chi connectivity index (χ2v) is 8.74. The summed E-state index contributed by atoms with van der Waals surface area (Å²) in [4.78, 5) is 25.4. The highest BCUT2D eigenvalue weighted by Crippen LogP contribution is 2.39. The van der Waals surface area contributed by atoms with Crippen LogP contribution in [0, 0.1) is 0 Å². The van der Waals surface area contributed by atoms with Gasteiger partial charge in [0.25, 0.3) is 0 Å². The lowest BCUT2D eigenvalue weighted by Gasteiger charge is -2.36. The van der Waals surface area contributed by atoms with Gasteiger partial charge < -0.3 is 20.0 Å². The van der Waals surface area contributed by atoms with E-state index in [0.29, 0.717) is 11.9 Å². The summed E-state index contributed by atoms with van der Waals surface area (Å²) in [6.07, 6.45) is 8.52. The Morgan fingerprint density at radius 2 is 1.47 bits per heavy atom. The molecule has 2 N–H and O–H groups in total. The third-order valence-electron chi connectivity index (χ3n) is 6.45. The summed E-state index contributed by atoms with van der Waals surface area (Å²) in [6, 6.07) is 6.20. The average molecular weight is 433 g/mol. The Morgan fingerprint density at radius 3 is 2.16 bits per heavy atom. The summed E-state index contributed by atoms with van der Waals surface area (Å²) in [5.74, 6) is 3.44. The van der Waals surface area contributed by atoms with Crippen LogP contribution in [0.4, 0.5) is 29.4 Å². The maximum Gasteiger partial charge on any atom is 0.235 e. The summed E-state index contributed by atoms with van der Waals surface area (Å²) in [7, 11) is 0. The monoisotopic (exact) mass is 432 g/mol. The van der Waals surface area contributed by atoms with Crippen LogP contribution in [-0.2, 0) is 0 Å². The molecule has 5 heterocycles. The van der Waals surface area contributed by atoms with E-state index < -0.39 is 0 Å². The second kappa shape index (κ2) is 8.25. The third kappa shape index (κ3) is 4.04. The van der Waals surface area contributed by atoms with Crippen molar-refractivity contribution in [1.29, 1.82) is 0 Å². The number of pyridine rings is 1. The van der Waals surface area contributed by atoms with E-state index in [1.165, 1.54) is 37.1 Å². The molecule has 0 spiro atoms. The first-order valence-corrected chi connectivity index (χ1v) is 11.5. The first kappa shape index (κ1) is 19.3. The van der Waals surface area contributed by atoms with E-state index in [2.05, 4.69) is 53.4 Å². The molecule has 3 fully saturated rings. The molecule has 32 heavy (non-hydrogen) atoms. The predicted molar refractivity (Wildman–Crippen MR) is 124 cm³/mol. The zero-order valence-corrected chi connectivity index (χ0v) is 18.1. The fourth-order valence-electron chi connectivity index (χ4n) is 4.45. The molecule has 0 unspecified atom stereocenters. The summed E-state index contributed by atoms with van der Waals surface area (Å²) >= 11 is 0. The third-order valence-corrected chi connectivity index (χ3v) is 6.45. The van der Waals surface area contributed by atoms with Crippen molar-refractivity contribution in [2.75, 3.05) is 59.3 Å². The Kier molecular flexibility index (Phi) is 4.97. The Bertz CT molecular complexity index is 1050. The molecule has 0 radical (unpaired) electrons. The van der Waals surface area contributed by atoms with Gasteiger partial charge in [0.2, 0.25) is 17.8 Å². The van der Waals surface area contributed by atoms with Crippen molar-refractivity contribution < 1.29 is 0 Å². The molecule has 3 aromatic rings.